The first kappa shape index (κ1) is 14.8. The smallest absolute Gasteiger partial charge is 0.335 e. The zero-order chi connectivity index (χ0) is 15.1. The molecule has 0 radical (unpaired) electrons. The Morgan fingerprint density at radius 1 is 1.05 bits per heavy atom. The number of benzene rings is 2. The van der Waals surface area contributed by atoms with Crippen molar-refractivity contribution in [1.82, 2.24) is 0 Å². The maximum atomic E-state index is 11.9. The van der Waals surface area contributed by atoms with Crippen molar-refractivity contribution in [3.63, 3.8) is 0 Å². The van der Waals surface area contributed by atoms with E-state index in [1.165, 1.54) is 7.11 Å². The molecule has 2 aromatic carbocycles. The zero-order valence-electron chi connectivity index (χ0n) is 12.0. The summed E-state index contributed by atoms with van der Waals surface area (Å²) >= 11 is 0. The average Bonchev–Trinajstić information content (AvgIpc) is 2.56. The minimum absolute atomic E-state index is 0.383. The average molecular weight is 283 g/mol. The fraction of sp³-hybridized carbons (Fsp3) is 0.176. The molecule has 0 amide bonds. The molecule has 4 heteroatoms. The largest absolute Gasteiger partial charge is 0.497 e. The second-order valence-electron chi connectivity index (χ2n) is 4.39. The van der Waals surface area contributed by atoms with E-state index in [2.05, 4.69) is 4.99 Å². The minimum Gasteiger partial charge on any atom is -0.497 e. The Kier molecular flexibility index (Phi) is 5.10. The third-order valence-electron chi connectivity index (χ3n) is 3.03. The van der Waals surface area contributed by atoms with Gasteiger partial charge in [-0.15, -0.1) is 0 Å². The Labute approximate surface area is 124 Å². The highest BCUT2D eigenvalue weighted by molar-refractivity contribution is 5.84. The second kappa shape index (κ2) is 7.24. The summed E-state index contributed by atoms with van der Waals surface area (Å²) in [7, 11) is 2.98. The van der Waals surface area contributed by atoms with Crippen LogP contribution in [0.15, 0.2) is 59.6 Å². The number of carbonyl (C=O) groups excluding carboxylic acids is 1. The number of aliphatic imine (C=N–C) groups is 1. The Morgan fingerprint density at radius 3 is 2.29 bits per heavy atom. The van der Waals surface area contributed by atoms with Crippen LogP contribution in [-0.4, -0.2) is 26.4 Å². The predicted octanol–water partition coefficient (Wildman–Crippen LogP) is 3.03. The van der Waals surface area contributed by atoms with Gasteiger partial charge in [0, 0.05) is 6.21 Å². The molecular formula is C17H17NO3. The van der Waals surface area contributed by atoms with Gasteiger partial charge in [0.25, 0.3) is 0 Å². The molecule has 0 aliphatic carbocycles. The summed E-state index contributed by atoms with van der Waals surface area (Å²) in [5.74, 6) is 0.394. The topological polar surface area (TPSA) is 47.9 Å². The number of ether oxygens (including phenoxy) is 2. The van der Waals surface area contributed by atoms with Crippen molar-refractivity contribution in [2.45, 2.75) is 6.04 Å². The first-order valence-electron chi connectivity index (χ1n) is 6.54. The standard InChI is InChI=1S/C17H17NO3/c1-20-15-10-8-13(9-11-15)12-18-16(17(19)21-2)14-6-4-3-5-7-14/h3-12,16H,1-2H3/t16-/m0/s1. The van der Waals surface area contributed by atoms with Crippen LogP contribution in [0.5, 0.6) is 5.75 Å². The molecule has 0 saturated heterocycles. The molecule has 108 valence electrons. The van der Waals surface area contributed by atoms with E-state index in [4.69, 9.17) is 9.47 Å². The van der Waals surface area contributed by atoms with Crippen molar-refractivity contribution >= 4 is 12.2 Å². The van der Waals surface area contributed by atoms with Crippen LogP contribution < -0.4 is 4.74 Å². The molecular weight excluding hydrogens is 266 g/mol. The number of esters is 1. The van der Waals surface area contributed by atoms with Gasteiger partial charge in [0.05, 0.1) is 14.2 Å². The van der Waals surface area contributed by atoms with Gasteiger partial charge in [-0.1, -0.05) is 30.3 Å². The summed E-state index contributed by atoms with van der Waals surface area (Å²) in [4.78, 5) is 16.2. The quantitative estimate of drug-likeness (QED) is 0.626. The lowest BCUT2D eigenvalue weighted by molar-refractivity contribution is -0.142. The number of hydrogen-bond donors (Lipinski definition) is 0. The van der Waals surface area contributed by atoms with Crippen LogP contribution in [0.4, 0.5) is 0 Å². The third kappa shape index (κ3) is 3.92. The lowest BCUT2D eigenvalue weighted by Gasteiger charge is -2.10. The molecule has 0 unspecified atom stereocenters. The van der Waals surface area contributed by atoms with E-state index in [9.17, 15) is 4.79 Å². The lowest BCUT2D eigenvalue weighted by Crippen LogP contribution is -2.12. The summed E-state index contributed by atoms with van der Waals surface area (Å²) in [6.45, 7) is 0. The van der Waals surface area contributed by atoms with Crippen LogP contribution in [-0.2, 0) is 9.53 Å². The maximum absolute atomic E-state index is 11.9. The Bertz CT molecular complexity index is 606. The molecule has 0 fully saturated rings. The lowest BCUT2D eigenvalue weighted by atomic mass is 10.1. The van der Waals surface area contributed by atoms with Gasteiger partial charge in [0.2, 0.25) is 0 Å². The van der Waals surface area contributed by atoms with E-state index in [-0.39, 0.29) is 5.97 Å². The molecule has 0 aromatic heterocycles. The van der Waals surface area contributed by atoms with Gasteiger partial charge in [0.1, 0.15) is 5.75 Å². The number of nitrogens with zero attached hydrogens (tertiary/aromatic N) is 1. The molecule has 1 atom stereocenters. The monoisotopic (exact) mass is 283 g/mol. The van der Waals surface area contributed by atoms with Crippen LogP contribution in [0, 0.1) is 0 Å². The maximum Gasteiger partial charge on any atom is 0.335 e. The van der Waals surface area contributed by atoms with Crippen molar-refractivity contribution in [3.8, 4) is 5.75 Å². The molecule has 0 heterocycles. The summed E-state index contributed by atoms with van der Waals surface area (Å²) in [6, 6.07) is 16.1. The molecule has 2 aromatic rings. The second-order valence-corrected chi connectivity index (χ2v) is 4.39. The van der Waals surface area contributed by atoms with Gasteiger partial charge in [-0.3, -0.25) is 4.99 Å². The highest BCUT2D eigenvalue weighted by Gasteiger charge is 2.19. The van der Waals surface area contributed by atoms with Gasteiger partial charge >= 0.3 is 5.97 Å². The third-order valence-corrected chi connectivity index (χ3v) is 3.03. The van der Waals surface area contributed by atoms with Gasteiger partial charge in [-0.2, -0.15) is 0 Å². The fourth-order valence-electron chi connectivity index (χ4n) is 1.88. The molecule has 2 rings (SSSR count). The number of carbonyl (C=O) groups is 1. The number of rotatable bonds is 5. The van der Waals surface area contributed by atoms with Crippen molar-refractivity contribution in [2.24, 2.45) is 4.99 Å². The van der Waals surface area contributed by atoms with Gasteiger partial charge in [0.15, 0.2) is 6.04 Å². The first-order valence-corrected chi connectivity index (χ1v) is 6.54. The Balaban J connectivity index is 2.22. The van der Waals surface area contributed by atoms with Crippen LogP contribution >= 0.6 is 0 Å². The molecule has 0 saturated carbocycles. The van der Waals surface area contributed by atoms with Crippen molar-refractivity contribution in [2.75, 3.05) is 14.2 Å². The molecule has 21 heavy (non-hydrogen) atoms. The van der Waals surface area contributed by atoms with E-state index in [1.807, 2.05) is 54.6 Å². The van der Waals surface area contributed by atoms with E-state index in [1.54, 1.807) is 13.3 Å². The van der Waals surface area contributed by atoms with Crippen LogP contribution in [0.25, 0.3) is 0 Å². The molecule has 0 bridgehead atoms. The SMILES string of the molecule is COC(=O)[C@@H](N=Cc1ccc(OC)cc1)c1ccccc1. The number of hydrogen-bond acceptors (Lipinski definition) is 4. The highest BCUT2D eigenvalue weighted by Crippen LogP contribution is 2.19. The van der Waals surface area contributed by atoms with Crippen LogP contribution in [0.2, 0.25) is 0 Å². The highest BCUT2D eigenvalue weighted by atomic mass is 16.5. The minimum atomic E-state index is -0.654. The summed E-state index contributed by atoms with van der Waals surface area (Å²) in [5.41, 5.74) is 1.69. The zero-order valence-corrected chi connectivity index (χ0v) is 12.0. The summed E-state index contributed by atoms with van der Waals surface area (Å²) in [5, 5.41) is 0. The van der Waals surface area contributed by atoms with Crippen molar-refractivity contribution < 1.29 is 14.3 Å². The fourth-order valence-corrected chi connectivity index (χ4v) is 1.88. The van der Waals surface area contributed by atoms with E-state index < -0.39 is 6.04 Å². The Morgan fingerprint density at radius 2 is 1.71 bits per heavy atom. The van der Waals surface area contributed by atoms with Gasteiger partial charge < -0.3 is 9.47 Å². The molecule has 0 spiro atoms. The summed E-state index contributed by atoms with van der Waals surface area (Å²) in [6.07, 6.45) is 1.66. The Hall–Kier alpha value is -2.62. The van der Waals surface area contributed by atoms with Crippen molar-refractivity contribution in [1.29, 1.82) is 0 Å². The van der Waals surface area contributed by atoms with Gasteiger partial charge in [-0.05, 0) is 35.4 Å². The van der Waals surface area contributed by atoms with Crippen LogP contribution in [0.3, 0.4) is 0 Å². The molecule has 0 aliphatic rings. The number of methoxy groups -OCH3 is 2. The van der Waals surface area contributed by atoms with E-state index >= 15 is 0 Å². The first-order chi connectivity index (χ1) is 10.2. The van der Waals surface area contributed by atoms with Gasteiger partial charge in [-0.25, -0.2) is 4.79 Å². The molecule has 0 N–H and O–H groups in total. The molecule has 4 nitrogen and oxygen atoms in total. The normalized spacial score (nSPS) is 12.1. The molecule has 0 aliphatic heterocycles. The van der Waals surface area contributed by atoms with E-state index in [0.717, 1.165) is 16.9 Å². The summed E-state index contributed by atoms with van der Waals surface area (Å²) < 4.78 is 9.92. The predicted molar refractivity (Wildman–Crippen MR) is 81.8 cm³/mol. The van der Waals surface area contributed by atoms with Crippen LogP contribution in [0.1, 0.15) is 17.2 Å². The van der Waals surface area contributed by atoms with Crippen molar-refractivity contribution in [3.05, 3.63) is 65.7 Å². The van der Waals surface area contributed by atoms with E-state index in [0.29, 0.717) is 0 Å².